The molecule has 2 heterocycles. The SMILES string of the molecule is C=Cc1cc(C)c(OC)cc1NC(=O)OCCN(C)[C@H]1CC[C@H](OC(=O)C(O)(c2cccs2)c2cccs2)CC1. The third-order valence-electron chi connectivity index (χ3n) is 7.29. The smallest absolute Gasteiger partial charge is 0.411 e. The first-order valence-corrected chi connectivity index (χ1v) is 15.0. The number of ether oxygens (including phenoxy) is 3. The van der Waals surface area contributed by atoms with E-state index < -0.39 is 17.7 Å². The first-order chi connectivity index (χ1) is 19.3. The van der Waals surface area contributed by atoms with Gasteiger partial charge in [0.1, 0.15) is 18.5 Å². The second kappa shape index (κ2) is 13.5. The lowest BCUT2D eigenvalue weighted by atomic mass is 9.91. The molecule has 3 aromatic rings. The minimum Gasteiger partial charge on any atom is -0.496 e. The second-order valence-electron chi connectivity index (χ2n) is 9.86. The van der Waals surface area contributed by atoms with Gasteiger partial charge >= 0.3 is 12.1 Å². The number of rotatable bonds is 11. The number of anilines is 1. The largest absolute Gasteiger partial charge is 0.496 e. The molecule has 0 unspecified atom stereocenters. The Kier molecular flexibility index (Phi) is 10.0. The van der Waals surface area contributed by atoms with E-state index in [1.165, 1.54) is 22.7 Å². The molecule has 40 heavy (non-hydrogen) atoms. The van der Waals surface area contributed by atoms with Gasteiger partial charge in [0, 0.05) is 18.7 Å². The summed E-state index contributed by atoms with van der Waals surface area (Å²) in [5, 5.41) is 17.9. The Morgan fingerprint density at radius 2 is 1.80 bits per heavy atom. The third kappa shape index (κ3) is 6.75. The van der Waals surface area contributed by atoms with Gasteiger partial charge in [-0.2, -0.15) is 0 Å². The summed E-state index contributed by atoms with van der Waals surface area (Å²) in [4.78, 5) is 28.9. The Balaban J connectivity index is 1.23. The number of likely N-dealkylation sites (N-methyl/N-ethyl adjacent to an activating group) is 1. The Labute approximate surface area is 243 Å². The van der Waals surface area contributed by atoms with Crippen LogP contribution in [-0.4, -0.2) is 61.5 Å². The second-order valence-corrected chi connectivity index (χ2v) is 11.8. The fourth-order valence-electron chi connectivity index (χ4n) is 4.95. The van der Waals surface area contributed by atoms with Gasteiger partial charge in [0.05, 0.1) is 22.6 Å². The third-order valence-corrected chi connectivity index (χ3v) is 9.25. The summed E-state index contributed by atoms with van der Waals surface area (Å²) >= 11 is 2.67. The number of aryl methyl sites for hydroxylation is 1. The van der Waals surface area contributed by atoms with E-state index >= 15 is 0 Å². The van der Waals surface area contributed by atoms with E-state index in [2.05, 4.69) is 16.8 Å². The molecule has 0 aliphatic heterocycles. The Bertz CT molecular complexity index is 1250. The van der Waals surface area contributed by atoms with Gasteiger partial charge in [0.15, 0.2) is 0 Å². The van der Waals surface area contributed by atoms with E-state index in [1.54, 1.807) is 31.4 Å². The highest BCUT2D eigenvalue weighted by Gasteiger charge is 2.45. The quantitative estimate of drug-likeness (QED) is 0.265. The number of hydrogen-bond donors (Lipinski definition) is 2. The van der Waals surface area contributed by atoms with Crippen molar-refractivity contribution in [3.63, 3.8) is 0 Å². The number of carbonyl (C=O) groups excluding carboxylic acids is 2. The molecule has 1 aliphatic carbocycles. The molecule has 4 rings (SSSR count). The molecule has 2 aromatic heterocycles. The maximum absolute atomic E-state index is 13.2. The van der Waals surface area contributed by atoms with Crippen LogP contribution in [0.5, 0.6) is 5.75 Å². The summed E-state index contributed by atoms with van der Waals surface area (Å²) in [5.41, 5.74) is 0.523. The fourth-order valence-corrected chi connectivity index (χ4v) is 6.66. The van der Waals surface area contributed by atoms with Crippen LogP contribution in [0.25, 0.3) is 6.08 Å². The molecule has 0 radical (unpaired) electrons. The topological polar surface area (TPSA) is 97.3 Å². The van der Waals surface area contributed by atoms with Gasteiger partial charge in [-0.1, -0.05) is 24.8 Å². The molecule has 1 fully saturated rings. The van der Waals surface area contributed by atoms with Gasteiger partial charge in [-0.15, -0.1) is 22.7 Å². The molecular weight excluding hydrogens is 548 g/mol. The van der Waals surface area contributed by atoms with Crippen LogP contribution in [0.3, 0.4) is 0 Å². The molecular formula is C30H36N2O6S2. The minimum atomic E-state index is -1.79. The van der Waals surface area contributed by atoms with Crippen LogP contribution in [0.2, 0.25) is 0 Å². The zero-order valence-corrected chi connectivity index (χ0v) is 24.7. The highest BCUT2D eigenvalue weighted by atomic mass is 32.1. The minimum absolute atomic E-state index is 0.234. The number of carbonyl (C=O) groups is 2. The number of nitrogens with one attached hydrogen (secondary N) is 1. The van der Waals surface area contributed by atoms with Crippen molar-refractivity contribution in [1.29, 1.82) is 0 Å². The van der Waals surface area contributed by atoms with Crippen molar-refractivity contribution in [2.75, 3.05) is 32.6 Å². The zero-order valence-electron chi connectivity index (χ0n) is 23.1. The molecule has 0 atom stereocenters. The van der Waals surface area contributed by atoms with Crippen molar-refractivity contribution in [2.24, 2.45) is 0 Å². The average Bonchev–Trinajstić information content (AvgIpc) is 3.69. The van der Waals surface area contributed by atoms with E-state index in [9.17, 15) is 14.7 Å². The number of amides is 1. The summed E-state index contributed by atoms with van der Waals surface area (Å²) in [7, 11) is 3.59. The first-order valence-electron chi connectivity index (χ1n) is 13.2. The summed E-state index contributed by atoms with van der Waals surface area (Å²) < 4.78 is 16.6. The van der Waals surface area contributed by atoms with Crippen molar-refractivity contribution >= 4 is 46.5 Å². The number of nitrogens with zero attached hydrogens (tertiary/aromatic N) is 1. The monoisotopic (exact) mass is 584 g/mol. The van der Waals surface area contributed by atoms with Crippen LogP contribution in [-0.2, 0) is 19.9 Å². The van der Waals surface area contributed by atoms with E-state index in [1.807, 2.05) is 42.9 Å². The summed E-state index contributed by atoms with van der Waals surface area (Å²) in [5.74, 6) is 0.0454. The van der Waals surface area contributed by atoms with Crippen LogP contribution in [0, 0.1) is 6.92 Å². The van der Waals surface area contributed by atoms with E-state index in [-0.39, 0.29) is 18.8 Å². The Morgan fingerprint density at radius 3 is 2.35 bits per heavy atom. The van der Waals surface area contributed by atoms with Crippen molar-refractivity contribution in [1.82, 2.24) is 4.90 Å². The molecule has 214 valence electrons. The van der Waals surface area contributed by atoms with Gasteiger partial charge in [0.2, 0.25) is 5.60 Å². The number of methoxy groups -OCH3 is 1. The lowest BCUT2D eigenvalue weighted by Gasteiger charge is -2.35. The van der Waals surface area contributed by atoms with Crippen LogP contribution in [0.15, 0.2) is 53.7 Å². The van der Waals surface area contributed by atoms with Crippen molar-refractivity contribution in [2.45, 2.75) is 50.4 Å². The van der Waals surface area contributed by atoms with Crippen LogP contribution in [0.4, 0.5) is 10.5 Å². The lowest BCUT2D eigenvalue weighted by Crippen LogP contribution is -2.42. The molecule has 1 saturated carbocycles. The highest BCUT2D eigenvalue weighted by Crippen LogP contribution is 2.38. The highest BCUT2D eigenvalue weighted by molar-refractivity contribution is 7.12. The standard InChI is InChI=1S/C30H36N2O6S2/c1-5-21-18-20(2)25(36-4)19-24(21)31-29(34)37-15-14-32(3)22-10-12-23(13-11-22)38-28(33)30(35,26-8-6-16-39-26)27-9-7-17-40-27/h5-9,16-19,22-23,35H,1,10-15H2,2-4H3,(H,31,34)/t22-,23-. The molecule has 8 nitrogen and oxygen atoms in total. The number of hydrogen-bond acceptors (Lipinski definition) is 9. The van der Waals surface area contributed by atoms with Gasteiger partial charge in [-0.3, -0.25) is 5.32 Å². The average molecular weight is 585 g/mol. The normalized spacial score (nSPS) is 17.3. The number of esters is 1. The van der Waals surface area contributed by atoms with Crippen molar-refractivity contribution < 1.29 is 28.9 Å². The molecule has 0 spiro atoms. The Hall–Kier alpha value is -3.18. The van der Waals surface area contributed by atoms with Gasteiger partial charge < -0.3 is 24.2 Å². The Morgan fingerprint density at radius 1 is 1.15 bits per heavy atom. The van der Waals surface area contributed by atoms with Crippen molar-refractivity contribution in [3.8, 4) is 5.75 Å². The number of thiophene rings is 2. The number of aliphatic hydroxyl groups is 1. The van der Waals surface area contributed by atoms with Crippen LogP contribution in [0.1, 0.15) is 46.6 Å². The van der Waals surface area contributed by atoms with Gasteiger partial charge in [0.25, 0.3) is 0 Å². The zero-order chi connectivity index (χ0) is 28.7. The maximum Gasteiger partial charge on any atom is 0.411 e. The fraction of sp³-hybridized carbons (Fsp3) is 0.400. The maximum atomic E-state index is 13.2. The number of benzene rings is 1. The summed E-state index contributed by atoms with van der Waals surface area (Å²) in [6.45, 7) is 6.55. The predicted molar refractivity (Wildman–Crippen MR) is 159 cm³/mol. The summed E-state index contributed by atoms with van der Waals surface area (Å²) in [6, 6.07) is 11.1. The lowest BCUT2D eigenvalue weighted by molar-refractivity contribution is -0.169. The van der Waals surface area contributed by atoms with Crippen LogP contribution >= 0.6 is 22.7 Å². The molecule has 10 heteroatoms. The van der Waals surface area contributed by atoms with E-state index in [0.717, 1.165) is 24.0 Å². The first kappa shape index (κ1) is 29.8. The molecule has 2 N–H and O–H groups in total. The molecule has 1 aromatic carbocycles. The van der Waals surface area contributed by atoms with E-state index in [0.29, 0.717) is 40.6 Å². The molecule has 0 saturated heterocycles. The van der Waals surface area contributed by atoms with Crippen molar-refractivity contribution in [3.05, 3.63) is 74.6 Å². The molecule has 1 amide bonds. The van der Waals surface area contributed by atoms with Gasteiger partial charge in [-0.25, -0.2) is 9.59 Å². The van der Waals surface area contributed by atoms with Gasteiger partial charge in [-0.05, 0) is 79.7 Å². The summed E-state index contributed by atoms with van der Waals surface area (Å²) in [6.07, 6.45) is 3.96. The van der Waals surface area contributed by atoms with E-state index in [4.69, 9.17) is 14.2 Å². The van der Waals surface area contributed by atoms with Crippen LogP contribution < -0.4 is 10.1 Å². The molecule has 1 aliphatic rings. The predicted octanol–water partition coefficient (Wildman–Crippen LogP) is 6.04. The molecule has 0 bridgehead atoms.